The monoisotopic (exact) mass is 401 g/mol. The SMILES string of the molecule is C=Nc1nccc(C2=C/C(=C(/OC)c3ccc(N4CCOCC4)cc3)C(=N)C=C2)n1. The fourth-order valence-corrected chi connectivity index (χ4v) is 3.51. The van der Waals surface area contributed by atoms with Crippen LogP contribution in [-0.2, 0) is 9.47 Å². The molecule has 0 atom stereocenters. The van der Waals surface area contributed by atoms with E-state index in [0.717, 1.165) is 43.1 Å². The van der Waals surface area contributed by atoms with Gasteiger partial charge in [0.25, 0.3) is 0 Å². The predicted octanol–water partition coefficient (Wildman–Crippen LogP) is 3.68. The van der Waals surface area contributed by atoms with Crippen LogP contribution in [0.1, 0.15) is 11.3 Å². The van der Waals surface area contributed by atoms with Gasteiger partial charge in [0.2, 0.25) is 5.95 Å². The average Bonchev–Trinajstić information content (AvgIpc) is 2.82. The van der Waals surface area contributed by atoms with E-state index in [0.29, 0.717) is 28.7 Å². The van der Waals surface area contributed by atoms with Crippen molar-refractivity contribution in [1.82, 2.24) is 9.97 Å². The summed E-state index contributed by atoms with van der Waals surface area (Å²) < 4.78 is 11.2. The van der Waals surface area contributed by atoms with Crippen LogP contribution in [0.4, 0.5) is 11.6 Å². The van der Waals surface area contributed by atoms with Crippen LogP contribution in [0.5, 0.6) is 0 Å². The predicted molar refractivity (Wildman–Crippen MR) is 119 cm³/mol. The van der Waals surface area contributed by atoms with Gasteiger partial charge in [-0.2, -0.15) is 0 Å². The standard InChI is InChI=1S/C23H23N5O2/c1-25-23-26-10-9-21(27-23)17-5-8-20(24)19(15-17)22(29-2)16-3-6-18(7-4-16)28-11-13-30-14-12-28/h3-10,15,24H,1,11-14H2,2H3/b22-19-,24-20?. The molecule has 0 saturated carbocycles. The first-order valence-corrected chi connectivity index (χ1v) is 9.70. The molecule has 0 amide bonds. The molecule has 2 aromatic rings. The van der Waals surface area contributed by atoms with Crippen molar-refractivity contribution < 1.29 is 9.47 Å². The molecule has 1 N–H and O–H groups in total. The number of aromatic nitrogens is 2. The summed E-state index contributed by atoms with van der Waals surface area (Å²) in [5.41, 5.74) is 4.71. The summed E-state index contributed by atoms with van der Waals surface area (Å²) in [6.45, 7) is 6.75. The van der Waals surface area contributed by atoms with Gasteiger partial charge in [0.05, 0.1) is 31.7 Å². The number of morpholine rings is 1. The first-order chi connectivity index (χ1) is 14.7. The normalized spacial score (nSPS) is 18.1. The smallest absolute Gasteiger partial charge is 0.249 e. The second kappa shape index (κ2) is 8.84. The fourth-order valence-electron chi connectivity index (χ4n) is 3.51. The van der Waals surface area contributed by atoms with E-state index in [4.69, 9.17) is 14.9 Å². The molecule has 1 aromatic carbocycles. The molecule has 7 heteroatoms. The van der Waals surface area contributed by atoms with Gasteiger partial charge >= 0.3 is 0 Å². The lowest BCUT2D eigenvalue weighted by molar-refractivity contribution is 0.122. The number of aliphatic imine (C=N–C) groups is 1. The molecule has 0 bridgehead atoms. The lowest BCUT2D eigenvalue weighted by Crippen LogP contribution is -2.36. The van der Waals surface area contributed by atoms with E-state index in [1.807, 2.05) is 24.3 Å². The van der Waals surface area contributed by atoms with Crippen LogP contribution in [0.25, 0.3) is 11.3 Å². The molecule has 1 saturated heterocycles. The second-order valence-electron chi connectivity index (χ2n) is 6.84. The Morgan fingerprint density at radius 2 is 1.93 bits per heavy atom. The van der Waals surface area contributed by atoms with Crippen molar-refractivity contribution in [3.63, 3.8) is 0 Å². The molecular formula is C23H23N5O2. The van der Waals surface area contributed by atoms with E-state index in [9.17, 15) is 0 Å². The van der Waals surface area contributed by atoms with Crippen molar-refractivity contribution in [2.24, 2.45) is 4.99 Å². The van der Waals surface area contributed by atoms with Gasteiger partial charge < -0.3 is 19.8 Å². The van der Waals surface area contributed by atoms with Crippen LogP contribution in [0.3, 0.4) is 0 Å². The van der Waals surface area contributed by atoms with Crippen LogP contribution in [0.15, 0.2) is 65.3 Å². The van der Waals surface area contributed by atoms with Crippen molar-refractivity contribution in [1.29, 1.82) is 5.41 Å². The number of ether oxygens (including phenoxy) is 2. The molecule has 1 aromatic heterocycles. The lowest BCUT2D eigenvalue weighted by atomic mass is 9.95. The molecule has 1 fully saturated rings. The molecule has 7 nitrogen and oxygen atoms in total. The number of hydrogen-bond donors (Lipinski definition) is 1. The highest BCUT2D eigenvalue weighted by Gasteiger charge is 2.18. The van der Waals surface area contributed by atoms with Crippen molar-refractivity contribution in [2.75, 3.05) is 38.3 Å². The summed E-state index contributed by atoms with van der Waals surface area (Å²) in [5.74, 6) is 0.963. The van der Waals surface area contributed by atoms with Gasteiger partial charge in [-0.3, -0.25) is 0 Å². The minimum Gasteiger partial charge on any atom is -0.495 e. The number of rotatable bonds is 5. The topological polar surface area (TPSA) is 83.7 Å². The minimum absolute atomic E-state index is 0.318. The third-order valence-corrected chi connectivity index (χ3v) is 5.05. The molecule has 4 rings (SSSR count). The third-order valence-electron chi connectivity index (χ3n) is 5.05. The zero-order valence-corrected chi connectivity index (χ0v) is 16.8. The molecule has 0 spiro atoms. The Labute approximate surface area is 175 Å². The molecule has 1 aliphatic heterocycles. The summed E-state index contributed by atoms with van der Waals surface area (Å²) >= 11 is 0. The van der Waals surface area contributed by atoms with Crippen molar-refractivity contribution >= 4 is 35.4 Å². The first kappa shape index (κ1) is 19.7. The Balaban J connectivity index is 1.69. The number of methoxy groups -OCH3 is 1. The van der Waals surface area contributed by atoms with Gasteiger partial charge in [-0.15, -0.1) is 0 Å². The lowest BCUT2D eigenvalue weighted by Gasteiger charge is -2.29. The van der Waals surface area contributed by atoms with Crippen molar-refractivity contribution in [3.8, 4) is 0 Å². The zero-order valence-electron chi connectivity index (χ0n) is 16.8. The van der Waals surface area contributed by atoms with E-state index in [1.165, 1.54) is 0 Å². The molecule has 2 aliphatic rings. The quantitative estimate of drug-likeness (QED) is 0.610. The number of allylic oxidation sites excluding steroid dienone is 5. The number of benzene rings is 1. The Kier molecular flexibility index (Phi) is 5.81. The molecule has 0 radical (unpaired) electrons. The van der Waals surface area contributed by atoms with E-state index < -0.39 is 0 Å². The van der Waals surface area contributed by atoms with E-state index in [1.54, 1.807) is 25.4 Å². The van der Waals surface area contributed by atoms with Gasteiger partial charge in [-0.25, -0.2) is 15.0 Å². The van der Waals surface area contributed by atoms with Gasteiger partial charge in [0.15, 0.2) is 0 Å². The first-order valence-electron chi connectivity index (χ1n) is 9.70. The van der Waals surface area contributed by atoms with Crippen molar-refractivity contribution in [3.05, 3.63) is 71.6 Å². The van der Waals surface area contributed by atoms with Gasteiger partial charge in [-0.05, 0) is 49.2 Å². The Morgan fingerprint density at radius 3 is 2.63 bits per heavy atom. The van der Waals surface area contributed by atoms with Crippen LogP contribution in [-0.4, -0.2) is 55.8 Å². The highest BCUT2D eigenvalue weighted by molar-refractivity contribution is 6.16. The van der Waals surface area contributed by atoms with E-state index in [2.05, 4.69) is 38.7 Å². The van der Waals surface area contributed by atoms with Crippen LogP contribution in [0.2, 0.25) is 0 Å². The van der Waals surface area contributed by atoms with E-state index >= 15 is 0 Å². The fraction of sp³-hybridized carbons (Fsp3) is 0.217. The molecule has 2 heterocycles. The molecular weight excluding hydrogens is 378 g/mol. The molecule has 1 aliphatic carbocycles. The summed E-state index contributed by atoms with van der Waals surface area (Å²) in [7, 11) is 1.63. The Morgan fingerprint density at radius 1 is 1.17 bits per heavy atom. The summed E-state index contributed by atoms with van der Waals surface area (Å²) in [4.78, 5) is 14.5. The van der Waals surface area contributed by atoms with Crippen LogP contribution < -0.4 is 4.90 Å². The number of anilines is 1. The van der Waals surface area contributed by atoms with Gasteiger partial charge in [-0.1, -0.05) is 6.08 Å². The Hall–Kier alpha value is -3.58. The molecule has 30 heavy (non-hydrogen) atoms. The average molecular weight is 401 g/mol. The summed E-state index contributed by atoms with van der Waals surface area (Å²) in [5, 5.41) is 8.41. The number of nitrogens with zero attached hydrogens (tertiary/aromatic N) is 4. The van der Waals surface area contributed by atoms with Crippen molar-refractivity contribution in [2.45, 2.75) is 0 Å². The maximum Gasteiger partial charge on any atom is 0.249 e. The second-order valence-corrected chi connectivity index (χ2v) is 6.84. The van der Waals surface area contributed by atoms with E-state index in [-0.39, 0.29) is 0 Å². The van der Waals surface area contributed by atoms with Crippen LogP contribution in [0, 0.1) is 5.41 Å². The summed E-state index contributed by atoms with van der Waals surface area (Å²) in [6.07, 6.45) is 7.16. The number of hydrogen-bond acceptors (Lipinski definition) is 7. The largest absolute Gasteiger partial charge is 0.495 e. The molecule has 152 valence electrons. The molecule has 0 unspecified atom stereocenters. The maximum atomic E-state index is 8.41. The highest BCUT2D eigenvalue weighted by Crippen LogP contribution is 2.30. The van der Waals surface area contributed by atoms with Gasteiger partial charge in [0.1, 0.15) is 5.76 Å². The number of nitrogens with one attached hydrogen (secondary N) is 1. The highest BCUT2D eigenvalue weighted by atomic mass is 16.5. The summed E-state index contributed by atoms with van der Waals surface area (Å²) in [6, 6.07) is 10.0. The zero-order chi connectivity index (χ0) is 20.9. The third kappa shape index (κ3) is 4.06. The minimum atomic E-state index is 0.318. The van der Waals surface area contributed by atoms with Gasteiger partial charge in [0, 0.05) is 41.7 Å². The van der Waals surface area contributed by atoms with Crippen LogP contribution >= 0.6 is 0 Å². The Bertz CT molecular complexity index is 1050. The maximum absolute atomic E-state index is 8.41.